The van der Waals surface area contributed by atoms with E-state index >= 15 is 0 Å². The Morgan fingerprint density at radius 3 is 2.24 bits per heavy atom. The first-order valence-electron chi connectivity index (χ1n) is 8.05. The fraction of sp³-hybridized carbons (Fsp3) is 0.667. The van der Waals surface area contributed by atoms with E-state index < -0.39 is 0 Å². The molecule has 0 aliphatic heterocycles. The summed E-state index contributed by atoms with van der Waals surface area (Å²) in [7, 11) is 4.27. The molecule has 1 aromatic rings. The lowest BCUT2D eigenvalue weighted by Crippen LogP contribution is -2.43. The average Bonchev–Trinajstić information content (AvgIpc) is 2.36. The Morgan fingerprint density at radius 2 is 1.71 bits per heavy atom. The number of aryl methyl sites for hydroxylation is 1. The Hall–Kier alpha value is -1.06. The van der Waals surface area contributed by atoms with Crippen molar-refractivity contribution in [2.75, 3.05) is 20.6 Å². The Morgan fingerprint density at radius 1 is 1.10 bits per heavy atom. The van der Waals surface area contributed by atoms with Gasteiger partial charge in [0.15, 0.2) is 0 Å². The van der Waals surface area contributed by atoms with Gasteiger partial charge in [-0.1, -0.05) is 26.0 Å². The summed E-state index contributed by atoms with van der Waals surface area (Å²) in [6.45, 7) is 7.92. The zero-order chi connectivity index (χ0) is 15.8. The van der Waals surface area contributed by atoms with Crippen LogP contribution in [0.5, 0.6) is 5.75 Å². The third kappa shape index (κ3) is 8.08. The van der Waals surface area contributed by atoms with Crippen molar-refractivity contribution in [1.82, 2.24) is 10.2 Å². The number of aromatic hydroxyl groups is 1. The Kier molecular flexibility index (Phi) is 7.76. The van der Waals surface area contributed by atoms with E-state index in [4.69, 9.17) is 0 Å². The van der Waals surface area contributed by atoms with Gasteiger partial charge in [-0.25, -0.2) is 0 Å². The fourth-order valence-electron chi connectivity index (χ4n) is 2.74. The summed E-state index contributed by atoms with van der Waals surface area (Å²) in [4.78, 5) is 2.26. The second-order valence-corrected chi connectivity index (χ2v) is 6.86. The molecule has 0 bridgehead atoms. The zero-order valence-electron chi connectivity index (χ0n) is 14.3. The first kappa shape index (κ1) is 18.0. The van der Waals surface area contributed by atoms with Gasteiger partial charge in [-0.2, -0.15) is 0 Å². The molecule has 0 aliphatic carbocycles. The summed E-state index contributed by atoms with van der Waals surface area (Å²) in [5.74, 6) is 1.06. The third-order valence-corrected chi connectivity index (χ3v) is 3.66. The quantitative estimate of drug-likeness (QED) is 0.733. The molecule has 2 unspecified atom stereocenters. The standard InChI is InChI=1S/C18H32N2O/c1-14(2)12-17(13-20(4)5)19-15(3)6-7-16-8-10-18(21)11-9-16/h8-11,14-15,17,19,21H,6-7,12-13H2,1-5H3. The topological polar surface area (TPSA) is 35.5 Å². The molecule has 0 radical (unpaired) electrons. The molecule has 120 valence electrons. The summed E-state index contributed by atoms with van der Waals surface area (Å²) < 4.78 is 0. The molecule has 1 rings (SSSR count). The maximum atomic E-state index is 9.30. The van der Waals surface area contributed by atoms with Crippen molar-refractivity contribution in [1.29, 1.82) is 0 Å². The smallest absolute Gasteiger partial charge is 0.115 e. The molecule has 0 saturated carbocycles. The number of nitrogens with one attached hydrogen (secondary N) is 1. The number of rotatable bonds is 9. The Bertz CT molecular complexity index is 377. The predicted octanol–water partition coefficient (Wildman–Crippen LogP) is 3.28. The van der Waals surface area contributed by atoms with E-state index in [0.29, 0.717) is 23.8 Å². The summed E-state index contributed by atoms with van der Waals surface area (Å²) in [5.41, 5.74) is 1.29. The van der Waals surface area contributed by atoms with E-state index in [0.717, 1.165) is 19.4 Å². The minimum atomic E-state index is 0.341. The van der Waals surface area contributed by atoms with Crippen LogP contribution < -0.4 is 5.32 Å². The molecule has 0 fully saturated rings. The summed E-state index contributed by atoms with van der Waals surface area (Å²) >= 11 is 0. The van der Waals surface area contributed by atoms with Crippen molar-refractivity contribution < 1.29 is 5.11 Å². The van der Waals surface area contributed by atoms with Crippen molar-refractivity contribution in [3.05, 3.63) is 29.8 Å². The lowest BCUT2D eigenvalue weighted by molar-refractivity contribution is 0.286. The first-order valence-corrected chi connectivity index (χ1v) is 8.05. The number of benzene rings is 1. The number of likely N-dealkylation sites (N-methyl/N-ethyl adjacent to an activating group) is 1. The summed E-state index contributed by atoms with van der Waals surface area (Å²) in [6.07, 6.45) is 3.37. The van der Waals surface area contributed by atoms with E-state index in [-0.39, 0.29) is 0 Å². The monoisotopic (exact) mass is 292 g/mol. The van der Waals surface area contributed by atoms with Gasteiger partial charge in [0.2, 0.25) is 0 Å². The van der Waals surface area contributed by atoms with E-state index in [1.807, 2.05) is 12.1 Å². The van der Waals surface area contributed by atoms with Crippen molar-refractivity contribution in [2.24, 2.45) is 5.92 Å². The molecule has 0 amide bonds. The second-order valence-electron chi connectivity index (χ2n) is 6.86. The van der Waals surface area contributed by atoms with Gasteiger partial charge in [0, 0.05) is 18.6 Å². The van der Waals surface area contributed by atoms with Crippen LogP contribution in [0.3, 0.4) is 0 Å². The molecule has 0 aliphatic rings. The van der Waals surface area contributed by atoms with Crippen LogP contribution in [0.25, 0.3) is 0 Å². The second kappa shape index (κ2) is 9.06. The Labute approximate surface area is 130 Å². The molecular weight excluding hydrogens is 260 g/mol. The summed E-state index contributed by atoms with van der Waals surface area (Å²) in [5, 5.41) is 13.1. The van der Waals surface area contributed by atoms with Gasteiger partial charge >= 0.3 is 0 Å². The molecule has 0 heterocycles. The average molecular weight is 292 g/mol. The zero-order valence-corrected chi connectivity index (χ0v) is 14.3. The van der Waals surface area contributed by atoms with E-state index in [9.17, 15) is 5.11 Å². The van der Waals surface area contributed by atoms with Crippen molar-refractivity contribution in [3.63, 3.8) is 0 Å². The fourth-order valence-corrected chi connectivity index (χ4v) is 2.74. The van der Waals surface area contributed by atoms with Gasteiger partial charge in [-0.05, 0) is 63.9 Å². The number of phenols is 1. The van der Waals surface area contributed by atoms with E-state index in [2.05, 4.69) is 45.1 Å². The third-order valence-electron chi connectivity index (χ3n) is 3.66. The Balaban J connectivity index is 2.41. The highest BCUT2D eigenvalue weighted by molar-refractivity contribution is 5.25. The number of hydrogen-bond acceptors (Lipinski definition) is 3. The minimum absolute atomic E-state index is 0.341. The SMILES string of the molecule is CC(C)CC(CN(C)C)NC(C)CCc1ccc(O)cc1. The molecule has 3 heteroatoms. The highest BCUT2D eigenvalue weighted by Gasteiger charge is 2.14. The molecule has 21 heavy (non-hydrogen) atoms. The molecule has 0 spiro atoms. The molecular formula is C18H32N2O. The maximum Gasteiger partial charge on any atom is 0.115 e. The highest BCUT2D eigenvalue weighted by Crippen LogP contribution is 2.13. The lowest BCUT2D eigenvalue weighted by atomic mass is 10.0. The van der Waals surface area contributed by atoms with Gasteiger partial charge in [-0.15, -0.1) is 0 Å². The lowest BCUT2D eigenvalue weighted by Gasteiger charge is -2.27. The molecule has 2 N–H and O–H groups in total. The molecule has 1 aromatic carbocycles. The van der Waals surface area contributed by atoms with Crippen LogP contribution >= 0.6 is 0 Å². The van der Waals surface area contributed by atoms with Crippen LogP contribution in [-0.2, 0) is 6.42 Å². The first-order chi connectivity index (χ1) is 9.86. The van der Waals surface area contributed by atoms with Crippen molar-refractivity contribution >= 4 is 0 Å². The van der Waals surface area contributed by atoms with E-state index in [1.165, 1.54) is 12.0 Å². The minimum Gasteiger partial charge on any atom is -0.508 e. The van der Waals surface area contributed by atoms with Gasteiger partial charge in [-0.3, -0.25) is 0 Å². The number of phenolic OH excluding ortho intramolecular Hbond substituents is 1. The molecule has 2 atom stereocenters. The highest BCUT2D eigenvalue weighted by atomic mass is 16.3. The number of nitrogens with zero attached hydrogens (tertiary/aromatic N) is 1. The normalized spacial score (nSPS) is 14.6. The van der Waals surface area contributed by atoms with Crippen LogP contribution in [0.15, 0.2) is 24.3 Å². The van der Waals surface area contributed by atoms with Crippen LogP contribution in [0.1, 0.15) is 39.2 Å². The van der Waals surface area contributed by atoms with E-state index in [1.54, 1.807) is 12.1 Å². The maximum absolute atomic E-state index is 9.30. The number of hydrogen-bond donors (Lipinski definition) is 2. The molecule has 0 saturated heterocycles. The van der Waals surface area contributed by atoms with Crippen LogP contribution in [-0.4, -0.2) is 42.7 Å². The van der Waals surface area contributed by atoms with Crippen LogP contribution in [0, 0.1) is 5.92 Å². The van der Waals surface area contributed by atoms with Crippen LogP contribution in [0.4, 0.5) is 0 Å². The largest absolute Gasteiger partial charge is 0.508 e. The van der Waals surface area contributed by atoms with Gasteiger partial charge in [0.25, 0.3) is 0 Å². The molecule has 0 aromatic heterocycles. The van der Waals surface area contributed by atoms with Crippen LogP contribution in [0.2, 0.25) is 0 Å². The van der Waals surface area contributed by atoms with Crippen molar-refractivity contribution in [3.8, 4) is 5.75 Å². The van der Waals surface area contributed by atoms with Crippen molar-refractivity contribution in [2.45, 2.75) is 52.1 Å². The predicted molar refractivity (Wildman–Crippen MR) is 90.8 cm³/mol. The summed E-state index contributed by atoms with van der Waals surface area (Å²) in [6, 6.07) is 8.60. The van der Waals surface area contributed by atoms with Gasteiger partial charge in [0.05, 0.1) is 0 Å². The van der Waals surface area contributed by atoms with Gasteiger partial charge in [0.1, 0.15) is 5.75 Å². The van der Waals surface area contributed by atoms with Gasteiger partial charge < -0.3 is 15.3 Å². The molecule has 3 nitrogen and oxygen atoms in total.